The zero-order valence-corrected chi connectivity index (χ0v) is 16.5. The van der Waals surface area contributed by atoms with E-state index in [1.165, 1.54) is 18.3 Å². The van der Waals surface area contributed by atoms with Gasteiger partial charge in [-0.2, -0.15) is 0 Å². The average Bonchev–Trinajstić information content (AvgIpc) is 3.34. The van der Waals surface area contributed by atoms with E-state index >= 15 is 0 Å². The van der Waals surface area contributed by atoms with Crippen LogP contribution in [0.15, 0.2) is 35.7 Å². The molecule has 0 saturated heterocycles. The Morgan fingerprint density at radius 1 is 1.21 bits per heavy atom. The highest BCUT2D eigenvalue weighted by Gasteiger charge is 2.23. The molecule has 0 bridgehead atoms. The number of ether oxygens (including phenoxy) is 1. The molecule has 1 saturated carbocycles. The number of nitrogens with zero attached hydrogens (tertiary/aromatic N) is 1. The lowest BCUT2D eigenvalue weighted by molar-refractivity contribution is -0.153. The van der Waals surface area contributed by atoms with Gasteiger partial charge >= 0.3 is 12.0 Å². The molecule has 2 aromatic rings. The van der Waals surface area contributed by atoms with Crippen molar-refractivity contribution in [2.24, 2.45) is 0 Å². The second-order valence-corrected chi connectivity index (χ2v) is 7.62. The van der Waals surface area contributed by atoms with Gasteiger partial charge in [0.2, 0.25) is 0 Å². The van der Waals surface area contributed by atoms with E-state index in [0.29, 0.717) is 5.69 Å². The first-order valence-electron chi connectivity index (χ1n) is 9.32. The minimum atomic E-state index is -1.06. The summed E-state index contributed by atoms with van der Waals surface area (Å²) in [4.78, 5) is 40.4. The first kappa shape index (κ1) is 20.0. The first-order valence-corrected chi connectivity index (χ1v) is 10.2. The third-order valence-corrected chi connectivity index (χ3v) is 5.44. The summed E-state index contributed by atoms with van der Waals surface area (Å²) in [7, 11) is 0. The van der Waals surface area contributed by atoms with E-state index in [0.717, 1.165) is 36.3 Å². The molecule has 3 amide bonds. The molecule has 7 nitrogen and oxygen atoms in total. The van der Waals surface area contributed by atoms with Gasteiger partial charge in [0, 0.05) is 17.0 Å². The number of amides is 3. The van der Waals surface area contributed by atoms with E-state index in [1.54, 1.807) is 5.38 Å². The molecular weight excluding hydrogens is 378 g/mol. The summed E-state index contributed by atoms with van der Waals surface area (Å²) in [6, 6.07) is 9.23. The second-order valence-electron chi connectivity index (χ2n) is 6.76. The topological polar surface area (TPSA) is 97.4 Å². The van der Waals surface area contributed by atoms with E-state index in [1.807, 2.05) is 30.3 Å². The van der Waals surface area contributed by atoms with Gasteiger partial charge in [-0.3, -0.25) is 14.9 Å². The van der Waals surface area contributed by atoms with E-state index in [9.17, 15) is 14.4 Å². The lowest BCUT2D eigenvalue weighted by Crippen LogP contribution is -2.47. The number of aromatic nitrogens is 1. The Balaban J connectivity index is 1.45. The number of carbonyl (C=O) groups excluding carboxylic acids is 3. The largest absolute Gasteiger partial charge is 0.452 e. The summed E-state index contributed by atoms with van der Waals surface area (Å²) in [5.41, 5.74) is 1.56. The van der Waals surface area contributed by atoms with Crippen molar-refractivity contribution >= 4 is 29.2 Å². The van der Waals surface area contributed by atoms with Crippen LogP contribution in [0.1, 0.15) is 38.3 Å². The molecule has 1 aliphatic rings. The van der Waals surface area contributed by atoms with Gasteiger partial charge in [-0.05, 0) is 19.8 Å². The molecule has 2 N–H and O–H groups in total. The predicted molar refractivity (Wildman–Crippen MR) is 106 cm³/mol. The lowest BCUT2D eigenvalue weighted by atomic mass is 10.2. The van der Waals surface area contributed by atoms with Gasteiger partial charge in [0.1, 0.15) is 5.01 Å². The van der Waals surface area contributed by atoms with Crippen LogP contribution < -0.4 is 10.6 Å². The van der Waals surface area contributed by atoms with Crippen molar-refractivity contribution in [2.75, 3.05) is 0 Å². The Morgan fingerprint density at radius 2 is 1.93 bits per heavy atom. The lowest BCUT2D eigenvalue weighted by Gasteiger charge is -2.15. The number of esters is 1. The van der Waals surface area contributed by atoms with E-state index in [-0.39, 0.29) is 12.5 Å². The fourth-order valence-corrected chi connectivity index (χ4v) is 3.87. The van der Waals surface area contributed by atoms with Crippen LogP contribution in [-0.4, -0.2) is 35.0 Å². The summed E-state index contributed by atoms with van der Waals surface area (Å²) < 4.78 is 5.14. The molecule has 148 valence electrons. The molecule has 1 aliphatic carbocycles. The normalized spacial score (nSPS) is 15.0. The molecule has 1 unspecified atom stereocenters. The van der Waals surface area contributed by atoms with Crippen molar-refractivity contribution in [1.29, 1.82) is 0 Å². The number of benzene rings is 1. The number of hydrogen-bond acceptors (Lipinski definition) is 6. The quantitative estimate of drug-likeness (QED) is 0.725. The fourth-order valence-electron chi connectivity index (χ4n) is 3.05. The van der Waals surface area contributed by atoms with Crippen LogP contribution in [0.4, 0.5) is 4.79 Å². The first-order chi connectivity index (χ1) is 13.5. The van der Waals surface area contributed by atoms with Gasteiger partial charge in [-0.25, -0.2) is 9.78 Å². The van der Waals surface area contributed by atoms with Crippen LogP contribution in [0.2, 0.25) is 0 Å². The van der Waals surface area contributed by atoms with Gasteiger partial charge in [-0.15, -0.1) is 11.3 Å². The highest BCUT2D eigenvalue weighted by Crippen LogP contribution is 2.23. The van der Waals surface area contributed by atoms with Crippen LogP contribution in [0.3, 0.4) is 0 Å². The monoisotopic (exact) mass is 401 g/mol. The van der Waals surface area contributed by atoms with Gasteiger partial charge in [0.25, 0.3) is 5.91 Å². The minimum Gasteiger partial charge on any atom is -0.452 e. The molecule has 8 heteroatoms. The van der Waals surface area contributed by atoms with Crippen molar-refractivity contribution in [2.45, 2.75) is 51.2 Å². The highest BCUT2D eigenvalue weighted by atomic mass is 32.1. The molecule has 1 atom stereocenters. The maximum Gasteiger partial charge on any atom is 0.321 e. The number of urea groups is 1. The van der Waals surface area contributed by atoms with Crippen LogP contribution >= 0.6 is 11.3 Å². The molecule has 3 rings (SSSR count). The molecule has 0 spiro atoms. The zero-order chi connectivity index (χ0) is 19.9. The standard InChI is InChI=1S/C20H23N3O4S/c1-13(18(25)23-20(26)22-15-9-5-6-10-15)27-17(24)11-16-12-28-19(21-16)14-7-3-2-4-8-14/h2-4,7-8,12-13,15H,5-6,9-11H2,1H3,(H2,22,23,25,26). The van der Waals surface area contributed by atoms with E-state index < -0.39 is 24.0 Å². The van der Waals surface area contributed by atoms with Crippen LogP contribution in [0.5, 0.6) is 0 Å². The number of thiazole rings is 1. The second kappa shape index (κ2) is 9.45. The maximum atomic E-state index is 12.1. The third-order valence-electron chi connectivity index (χ3n) is 4.50. The smallest absolute Gasteiger partial charge is 0.321 e. The molecule has 28 heavy (non-hydrogen) atoms. The van der Waals surface area contributed by atoms with Crippen LogP contribution in [-0.2, 0) is 20.7 Å². The SMILES string of the molecule is CC(OC(=O)Cc1csc(-c2ccccc2)n1)C(=O)NC(=O)NC1CCCC1. The molecule has 0 radical (unpaired) electrons. The predicted octanol–water partition coefficient (Wildman–Crippen LogP) is 3.05. The van der Waals surface area contributed by atoms with Gasteiger partial charge in [-0.1, -0.05) is 43.2 Å². The number of nitrogens with one attached hydrogen (secondary N) is 2. The Kier molecular flexibility index (Phi) is 6.76. The van der Waals surface area contributed by atoms with Crippen LogP contribution in [0, 0.1) is 0 Å². The third kappa shape index (κ3) is 5.63. The van der Waals surface area contributed by atoms with Crippen LogP contribution in [0.25, 0.3) is 10.6 Å². The molecule has 1 aromatic carbocycles. The minimum absolute atomic E-state index is 0.0325. The number of imide groups is 1. The summed E-state index contributed by atoms with van der Waals surface area (Å²) >= 11 is 1.44. The Bertz CT molecular complexity index is 831. The number of carbonyl (C=O) groups is 3. The molecule has 1 aromatic heterocycles. The van der Waals surface area contributed by atoms with E-state index in [2.05, 4.69) is 15.6 Å². The Hall–Kier alpha value is -2.74. The van der Waals surface area contributed by atoms with Gasteiger partial charge in [0.05, 0.1) is 12.1 Å². The molecular formula is C20H23N3O4S. The van der Waals surface area contributed by atoms with Gasteiger partial charge in [0.15, 0.2) is 6.10 Å². The van der Waals surface area contributed by atoms with Crippen molar-refractivity contribution in [3.8, 4) is 10.6 Å². The number of rotatable bonds is 6. The molecule has 0 aliphatic heterocycles. The molecule has 1 fully saturated rings. The summed E-state index contributed by atoms with van der Waals surface area (Å²) in [6.07, 6.45) is 2.91. The van der Waals surface area contributed by atoms with Gasteiger partial charge < -0.3 is 10.1 Å². The van der Waals surface area contributed by atoms with Crippen molar-refractivity contribution in [3.63, 3.8) is 0 Å². The zero-order valence-electron chi connectivity index (χ0n) is 15.6. The van der Waals surface area contributed by atoms with E-state index in [4.69, 9.17) is 4.74 Å². The fraction of sp³-hybridized carbons (Fsp3) is 0.400. The summed E-state index contributed by atoms with van der Waals surface area (Å²) in [5, 5.41) is 7.59. The summed E-state index contributed by atoms with van der Waals surface area (Å²) in [5.74, 6) is -1.21. The number of hydrogen-bond donors (Lipinski definition) is 2. The van der Waals surface area contributed by atoms with Crippen molar-refractivity contribution in [3.05, 3.63) is 41.4 Å². The maximum absolute atomic E-state index is 12.1. The highest BCUT2D eigenvalue weighted by molar-refractivity contribution is 7.13. The van der Waals surface area contributed by atoms with Crippen molar-refractivity contribution in [1.82, 2.24) is 15.6 Å². The molecule has 1 heterocycles. The van der Waals surface area contributed by atoms with Crippen molar-refractivity contribution < 1.29 is 19.1 Å². The average molecular weight is 401 g/mol. The Labute approximate surface area is 167 Å². The summed E-state index contributed by atoms with van der Waals surface area (Å²) in [6.45, 7) is 1.44. The Morgan fingerprint density at radius 3 is 2.64 bits per heavy atom.